The van der Waals surface area contributed by atoms with Gasteiger partial charge in [0.25, 0.3) is 0 Å². The van der Waals surface area contributed by atoms with Crippen LogP contribution in [0.25, 0.3) is 0 Å². The van der Waals surface area contributed by atoms with Gasteiger partial charge in [0.1, 0.15) is 11.9 Å². The van der Waals surface area contributed by atoms with Crippen molar-refractivity contribution in [2.24, 2.45) is 5.41 Å². The molecule has 2 aliphatic rings. The first-order valence-electron chi connectivity index (χ1n) is 7.92. The largest absolute Gasteiger partial charge is 0.497 e. The number of hydrogen-bond donors (Lipinski definition) is 2. The van der Waals surface area contributed by atoms with Crippen LogP contribution in [-0.4, -0.2) is 38.3 Å². The van der Waals surface area contributed by atoms with Gasteiger partial charge in [-0.3, -0.25) is 4.79 Å². The van der Waals surface area contributed by atoms with Crippen molar-refractivity contribution >= 4 is 5.91 Å². The van der Waals surface area contributed by atoms with Crippen LogP contribution >= 0.6 is 0 Å². The molecule has 4 nitrogen and oxygen atoms in total. The van der Waals surface area contributed by atoms with E-state index in [0.717, 1.165) is 30.7 Å². The van der Waals surface area contributed by atoms with Crippen molar-refractivity contribution in [3.63, 3.8) is 0 Å². The Morgan fingerprint density at radius 2 is 2.32 bits per heavy atom. The van der Waals surface area contributed by atoms with Crippen LogP contribution in [-0.2, 0) is 11.2 Å². The molecule has 1 amide bonds. The molecule has 5 heteroatoms. The van der Waals surface area contributed by atoms with Crippen LogP contribution in [0.5, 0.6) is 5.75 Å². The second-order valence-corrected chi connectivity index (χ2v) is 6.40. The van der Waals surface area contributed by atoms with Gasteiger partial charge in [0, 0.05) is 6.54 Å². The van der Waals surface area contributed by atoms with E-state index < -0.39 is 6.17 Å². The lowest BCUT2D eigenvalue weighted by atomic mass is 9.94. The number of halogens is 1. The summed E-state index contributed by atoms with van der Waals surface area (Å²) >= 11 is 0. The molecule has 0 radical (unpaired) electrons. The van der Waals surface area contributed by atoms with Crippen LogP contribution in [0.3, 0.4) is 0 Å². The third kappa shape index (κ3) is 3.24. The Kier molecular flexibility index (Phi) is 4.34. The number of piperidine rings is 1. The summed E-state index contributed by atoms with van der Waals surface area (Å²) in [6.07, 6.45) is 2.10. The highest BCUT2D eigenvalue weighted by atomic mass is 19.1. The second kappa shape index (κ2) is 6.24. The minimum atomic E-state index is -0.995. The summed E-state index contributed by atoms with van der Waals surface area (Å²) in [5, 5.41) is 5.94. The minimum Gasteiger partial charge on any atom is -0.497 e. The fraction of sp³-hybridized carbons (Fsp3) is 0.588. The number of nitrogens with one attached hydrogen (secondary N) is 2. The number of amides is 1. The molecule has 120 valence electrons. The van der Waals surface area contributed by atoms with Crippen LogP contribution in [0.4, 0.5) is 4.39 Å². The van der Waals surface area contributed by atoms with E-state index in [9.17, 15) is 9.18 Å². The fourth-order valence-corrected chi connectivity index (χ4v) is 3.11. The van der Waals surface area contributed by atoms with Gasteiger partial charge in [-0.15, -0.1) is 0 Å². The molecule has 1 aromatic carbocycles. The highest BCUT2D eigenvalue weighted by Gasteiger charge is 2.50. The third-order valence-corrected chi connectivity index (χ3v) is 4.74. The molecule has 0 unspecified atom stereocenters. The van der Waals surface area contributed by atoms with Crippen LogP contribution in [0.15, 0.2) is 24.3 Å². The van der Waals surface area contributed by atoms with E-state index in [-0.39, 0.29) is 17.4 Å². The smallest absolute Gasteiger partial charge is 0.226 e. The second-order valence-electron chi connectivity index (χ2n) is 6.40. The maximum atomic E-state index is 13.8. The fourth-order valence-electron chi connectivity index (χ4n) is 3.11. The Balaban J connectivity index is 1.63. The van der Waals surface area contributed by atoms with E-state index in [1.54, 1.807) is 7.11 Å². The normalized spacial score (nSPS) is 26.3. The van der Waals surface area contributed by atoms with Crippen LogP contribution in [0.1, 0.15) is 24.8 Å². The molecule has 1 saturated carbocycles. The van der Waals surface area contributed by atoms with Gasteiger partial charge in [-0.25, -0.2) is 4.39 Å². The van der Waals surface area contributed by atoms with Crippen molar-refractivity contribution in [1.29, 1.82) is 0 Å². The summed E-state index contributed by atoms with van der Waals surface area (Å²) in [4.78, 5) is 12.6. The molecular formula is C17H23FN2O2. The molecule has 1 aromatic rings. The van der Waals surface area contributed by atoms with Crippen molar-refractivity contribution in [3.05, 3.63) is 29.8 Å². The first-order chi connectivity index (χ1) is 10.6. The van der Waals surface area contributed by atoms with Gasteiger partial charge in [-0.2, -0.15) is 0 Å². The summed E-state index contributed by atoms with van der Waals surface area (Å²) < 4.78 is 19.1. The average Bonchev–Trinajstić information content (AvgIpc) is 3.30. The monoisotopic (exact) mass is 306 g/mol. The summed E-state index contributed by atoms with van der Waals surface area (Å²) in [5.74, 6) is 0.806. The number of carbonyl (C=O) groups is 1. The van der Waals surface area contributed by atoms with Gasteiger partial charge in [-0.05, 0) is 49.9 Å². The highest BCUT2D eigenvalue weighted by Crippen LogP contribution is 2.49. The number of benzene rings is 1. The molecule has 1 heterocycles. The number of methoxy groups -OCH3 is 1. The van der Waals surface area contributed by atoms with E-state index in [2.05, 4.69) is 10.6 Å². The van der Waals surface area contributed by atoms with Gasteiger partial charge in [0.05, 0.1) is 18.6 Å². The van der Waals surface area contributed by atoms with Crippen molar-refractivity contribution < 1.29 is 13.9 Å². The summed E-state index contributed by atoms with van der Waals surface area (Å²) in [5.41, 5.74) is 0.742. The zero-order chi connectivity index (χ0) is 15.6. The van der Waals surface area contributed by atoms with Gasteiger partial charge in [0.15, 0.2) is 0 Å². The molecule has 2 N–H and O–H groups in total. The topological polar surface area (TPSA) is 50.4 Å². The molecule has 1 aliphatic carbocycles. The molecule has 0 spiro atoms. The SMILES string of the molecule is COc1cccc(CC2(C(=O)N[C@H]3CCNC[C@@H]3F)CC2)c1. The van der Waals surface area contributed by atoms with E-state index in [1.807, 2.05) is 24.3 Å². The third-order valence-electron chi connectivity index (χ3n) is 4.74. The number of carbonyl (C=O) groups excluding carboxylic acids is 1. The number of rotatable bonds is 5. The van der Waals surface area contributed by atoms with E-state index in [4.69, 9.17) is 4.74 Å². The maximum absolute atomic E-state index is 13.8. The average molecular weight is 306 g/mol. The first-order valence-corrected chi connectivity index (χ1v) is 7.92. The Morgan fingerprint density at radius 3 is 3.00 bits per heavy atom. The van der Waals surface area contributed by atoms with Crippen LogP contribution < -0.4 is 15.4 Å². The molecule has 0 aromatic heterocycles. The van der Waals surface area contributed by atoms with E-state index in [1.165, 1.54) is 0 Å². The Hall–Kier alpha value is -1.62. The van der Waals surface area contributed by atoms with Crippen molar-refractivity contribution in [2.75, 3.05) is 20.2 Å². The lowest BCUT2D eigenvalue weighted by molar-refractivity contribution is -0.127. The van der Waals surface area contributed by atoms with E-state index >= 15 is 0 Å². The van der Waals surface area contributed by atoms with Crippen LogP contribution in [0, 0.1) is 5.41 Å². The van der Waals surface area contributed by atoms with Gasteiger partial charge >= 0.3 is 0 Å². The molecule has 1 aliphatic heterocycles. The first kappa shape index (κ1) is 15.3. The van der Waals surface area contributed by atoms with Gasteiger partial charge in [0.2, 0.25) is 5.91 Å². The molecular weight excluding hydrogens is 283 g/mol. The predicted molar refractivity (Wildman–Crippen MR) is 82.7 cm³/mol. The zero-order valence-corrected chi connectivity index (χ0v) is 12.9. The Labute approximate surface area is 130 Å². The van der Waals surface area contributed by atoms with Crippen molar-refractivity contribution in [1.82, 2.24) is 10.6 Å². The molecule has 2 fully saturated rings. The van der Waals surface area contributed by atoms with Crippen molar-refractivity contribution in [3.8, 4) is 5.75 Å². The molecule has 1 saturated heterocycles. The number of hydrogen-bond acceptors (Lipinski definition) is 3. The molecule has 22 heavy (non-hydrogen) atoms. The van der Waals surface area contributed by atoms with Gasteiger partial charge in [-0.1, -0.05) is 12.1 Å². The maximum Gasteiger partial charge on any atom is 0.226 e. The molecule has 2 atom stereocenters. The summed E-state index contributed by atoms with van der Waals surface area (Å²) in [7, 11) is 1.64. The quantitative estimate of drug-likeness (QED) is 0.873. The Morgan fingerprint density at radius 1 is 1.50 bits per heavy atom. The molecule has 3 rings (SSSR count). The Bertz CT molecular complexity index is 545. The highest BCUT2D eigenvalue weighted by molar-refractivity contribution is 5.86. The van der Waals surface area contributed by atoms with Crippen LogP contribution in [0.2, 0.25) is 0 Å². The predicted octanol–water partition coefficient (Wildman–Crippen LogP) is 1.83. The minimum absolute atomic E-state index is 0.00451. The van der Waals surface area contributed by atoms with E-state index in [0.29, 0.717) is 19.4 Å². The molecule has 0 bridgehead atoms. The lowest BCUT2D eigenvalue weighted by Crippen LogP contribution is -2.52. The number of alkyl halides is 1. The summed E-state index contributed by atoms with van der Waals surface area (Å²) in [6.45, 7) is 1.09. The van der Waals surface area contributed by atoms with Crippen molar-refractivity contribution in [2.45, 2.75) is 37.9 Å². The standard InChI is InChI=1S/C17H23FN2O2/c1-22-13-4-2-3-12(9-13)10-17(6-7-17)16(21)20-15-5-8-19-11-14(15)18/h2-4,9,14-15,19H,5-8,10-11H2,1H3,(H,20,21)/t14-,15-/m0/s1. The number of ether oxygens (including phenoxy) is 1. The van der Waals surface area contributed by atoms with Gasteiger partial charge < -0.3 is 15.4 Å². The lowest BCUT2D eigenvalue weighted by Gasteiger charge is -2.29. The summed E-state index contributed by atoms with van der Waals surface area (Å²) in [6, 6.07) is 7.46. The zero-order valence-electron chi connectivity index (χ0n) is 12.9.